The number of carbonyl (C=O) groups excluding carboxylic acids is 5. The SMILES string of the molecule is Cc1nc(N2CCC3(CC2)CO[C@@H](C)[C@H]3N)c(CO)nc1-c1ccc(OCCOCCOCCOCCOCCOCCOCCOCCNC(=O)COc2cccc3c2C(=O)N(C2CCC(=O)NC2=O)C3=O)c(Cl)c1Cl. The maximum absolute atomic E-state index is 13.2. The van der Waals surface area contributed by atoms with Gasteiger partial charge in [-0.25, -0.2) is 9.97 Å². The fourth-order valence-corrected chi connectivity index (χ4v) is 9.78. The molecule has 25 heteroatoms. The number of rotatable bonds is 32. The van der Waals surface area contributed by atoms with Gasteiger partial charge in [-0.1, -0.05) is 29.3 Å². The summed E-state index contributed by atoms with van der Waals surface area (Å²) in [6.07, 6.45) is 1.82. The quantitative estimate of drug-likeness (QED) is 0.0517. The van der Waals surface area contributed by atoms with Gasteiger partial charge in [-0.3, -0.25) is 34.2 Å². The number of anilines is 1. The van der Waals surface area contributed by atoms with E-state index in [1.54, 1.807) is 12.1 Å². The molecule has 1 aromatic heterocycles. The van der Waals surface area contributed by atoms with Crippen LogP contribution in [0.15, 0.2) is 30.3 Å². The van der Waals surface area contributed by atoms with Crippen molar-refractivity contribution >= 4 is 58.6 Å². The first-order valence-electron chi connectivity index (χ1n) is 25.8. The molecule has 77 heavy (non-hydrogen) atoms. The van der Waals surface area contributed by atoms with Crippen LogP contribution in [-0.4, -0.2) is 200 Å². The van der Waals surface area contributed by atoms with Crippen molar-refractivity contribution in [3.8, 4) is 22.8 Å². The third kappa shape index (κ3) is 15.8. The molecule has 3 saturated heterocycles. The van der Waals surface area contributed by atoms with Crippen molar-refractivity contribution in [3.05, 3.63) is 62.9 Å². The Kier molecular flexibility index (Phi) is 23.0. The van der Waals surface area contributed by atoms with Crippen molar-refractivity contribution in [3.63, 3.8) is 0 Å². The van der Waals surface area contributed by atoms with Crippen molar-refractivity contribution in [2.45, 2.75) is 64.3 Å². The molecule has 4 aliphatic rings. The van der Waals surface area contributed by atoms with E-state index in [0.717, 1.165) is 30.8 Å². The highest BCUT2D eigenvalue weighted by Gasteiger charge is 2.48. The smallest absolute Gasteiger partial charge is 0.266 e. The number of aromatic nitrogens is 2. The van der Waals surface area contributed by atoms with E-state index in [9.17, 15) is 29.1 Å². The summed E-state index contributed by atoms with van der Waals surface area (Å²) >= 11 is 13.4. The number of aliphatic hydroxyl groups excluding tert-OH is 1. The topological polar surface area (TPSA) is 280 Å². The average molecular weight is 1120 g/mol. The number of nitrogens with zero attached hydrogens (tertiary/aromatic N) is 4. The molecule has 5 heterocycles. The van der Waals surface area contributed by atoms with Crippen molar-refractivity contribution < 1.29 is 76.4 Å². The summed E-state index contributed by atoms with van der Waals surface area (Å²) in [5, 5.41) is 15.6. The maximum atomic E-state index is 13.2. The summed E-state index contributed by atoms with van der Waals surface area (Å²) in [4.78, 5) is 75.1. The highest BCUT2D eigenvalue weighted by atomic mass is 35.5. The van der Waals surface area contributed by atoms with E-state index in [1.807, 2.05) is 13.8 Å². The Morgan fingerprint density at radius 1 is 0.779 bits per heavy atom. The average Bonchev–Trinajstić information content (AvgIpc) is 3.85. The number of piperidine rings is 2. The maximum Gasteiger partial charge on any atom is 0.266 e. The van der Waals surface area contributed by atoms with Crippen LogP contribution in [0.5, 0.6) is 11.5 Å². The van der Waals surface area contributed by atoms with Crippen molar-refractivity contribution in [1.82, 2.24) is 25.5 Å². The van der Waals surface area contributed by atoms with Crippen molar-refractivity contribution in [2.75, 3.05) is 137 Å². The fourth-order valence-electron chi connectivity index (χ4n) is 9.31. The highest BCUT2D eigenvalue weighted by molar-refractivity contribution is 6.44. The second-order valence-electron chi connectivity index (χ2n) is 18.6. The van der Waals surface area contributed by atoms with Crippen LogP contribution in [0.3, 0.4) is 0 Å². The number of hydrogen-bond acceptors (Lipinski definition) is 20. The normalized spacial score (nSPS) is 19.1. The molecule has 0 radical (unpaired) electrons. The van der Waals surface area contributed by atoms with Crippen LogP contribution in [0.1, 0.15) is 64.7 Å². The summed E-state index contributed by atoms with van der Waals surface area (Å²) in [5.41, 5.74) is 8.74. The number of aryl methyl sites for hydroxylation is 1. The first-order chi connectivity index (χ1) is 37.3. The largest absolute Gasteiger partial charge is 0.490 e. The molecule has 5 N–H and O–H groups in total. The lowest BCUT2D eigenvalue weighted by Crippen LogP contribution is -2.54. The number of fused-ring (bicyclic) bond motifs is 1. The zero-order valence-corrected chi connectivity index (χ0v) is 45.0. The Balaban J connectivity index is 0.628. The molecule has 0 aliphatic carbocycles. The number of nitrogens with one attached hydrogen (secondary N) is 2. The van der Waals surface area contributed by atoms with Gasteiger partial charge >= 0.3 is 0 Å². The lowest BCUT2D eigenvalue weighted by Gasteiger charge is -2.42. The molecular weight excluding hydrogens is 1050 g/mol. The Bertz CT molecular complexity index is 2500. The molecule has 2 aromatic carbocycles. The molecule has 422 valence electrons. The number of amides is 5. The van der Waals surface area contributed by atoms with E-state index < -0.39 is 42.2 Å². The molecule has 3 atom stereocenters. The molecule has 5 amide bonds. The van der Waals surface area contributed by atoms with Gasteiger partial charge < -0.3 is 68.4 Å². The minimum Gasteiger partial charge on any atom is -0.490 e. The van der Waals surface area contributed by atoms with Crippen LogP contribution in [0.25, 0.3) is 11.3 Å². The number of ether oxygens (including phenoxy) is 10. The summed E-state index contributed by atoms with van der Waals surface area (Å²) in [6, 6.07) is 6.82. The number of benzene rings is 2. The lowest BCUT2D eigenvalue weighted by molar-refractivity contribution is -0.136. The molecule has 0 saturated carbocycles. The van der Waals surface area contributed by atoms with E-state index in [2.05, 4.69) is 15.5 Å². The standard InChI is InChI=1S/C52H69Cl2N7O16/c1-33-46(58-37(30-62)48(57-33)60-13-10-52(11-14-60)32-77-34(2)47(52)55)36-6-8-40(45(54)44(36)53)75-29-28-74-27-26-73-25-24-72-23-22-71-21-20-70-19-18-69-17-16-68-15-12-56-42(64)31-76-39-5-3-4-35-43(39)51(67)61(50(35)66)38-7-9-41(63)59-49(38)65/h3-6,8,34,38,47,62H,7,9-32,55H2,1-2H3,(H,56,64)(H,59,63,65)/t34-,38?,47+/m0/s1. The predicted octanol–water partition coefficient (Wildman–Crippen LogP) is 2.68. The van der Waals surface area contributed by atoms with Crippen LogP contribution in [0, 0.1) is 12.3 Å². The Morgan fingerprint density at radius 2 is 1.38 bits per heavy atom. The number of carbonyl (C=O) groups is 5. The molecule has 7 rings (SSSR count). The molecule has 1 spiro atoms. The summed E-state index contributed by atoms with van der Waals surface area (Å²) in [6.45, 7) is 10.9. The molecule has 23 nitrogen and oxygen atoms in total. The van der Waals surface area contributed by atoms with Gasteiger partial charge in [-0.2, -0.15) is 0 Å². The molecule has 3 fully saturated rings. The predicted molar refractivity (Wildman–Crippen MR) is 278 cm³/mol. The first kappa shape index (κ1) is 59.5. The van der Waals surface area contributed by atoms with Crippen LogP contribution < -0.4 is 30.7 Å². The minimum atomic E-state index is -1.11. The zero-order chi connectivity index (χ0) is 54.7. The fraction of sp³-hybridized carbons (Fsp3) is 0.596. The van der Waals surface area contributed by atoms with E-state index >= 15 is 0 Å². The Hall–Kier alpha value is -5.15. The number of hydrogen-bond donors (Lipinski definition) is 4. The van der Waals surface area contributed by atoms with Crippen molar-refractivity contribution in [1.29, 1.82) is 0 Å². The minimum absolute atomic E-state index is 0.00257. The Morgan fingerprint density at radius 3 is 1.95 bits per heavy atom. The van der Waals surface area contributed by atoms with Gasteiger partial charge in [0.1, 0.15) is 34.9 Å². The van der Waals surface area contributed by atoms with Gasteiger partial charge in [0, 0.05) is 43.1 Å². The third-order valence-electron chi connectivity index (χ3n) is 13.6. The van der Waals surface area contributed by atoms with Crippen LogP contribution in [0.4, 0.5) is 5.82 Å². The van der Waals surface area contributed by atoms with Gasteiger partial charge in [0.2, 0.25) is 11.8 Å². The summed E-state index contributed by atoms with van der Waals surface area (Å²) in [5.74, 6) is -1.94. The molecule has 4 aliphatic heterocycles. The molecular formula is C52H69Cl2N7O16. The van der Waals surface area contributed by atoms with Gasteiger partial charge in [-0.15, -0.1) is 0 Å². The second-order valence-corrected chi connectivity index (χ2v) is 19.4. The summed E-state index contributed by atoms with van der Waals surface area (Å²) in [7, 11) is 0. The second kappa shape index (κ2) is 29.7. The number of halogens is 2. The highest BCUT2D eigenvalue weighted by Crippen LogP contribution is 2.44. The van der Waals surface area contributed by atoms with E-state index in [4.69, 9.17) is 86.3 Å². The number of aliphatic hydroxyl groups is 1. The summed E-state index contributed by atoms with van der Waals surface area (Å²) < 4.78 is 56.1. The number of nitrogens with two attached hydrogens (primary N) is 1. The van der Waals surface area contributed by atoms with E-state index in [-0.39, 0.29) is 83.7 Å². The first-order valence-corrected chi connectivity index (χ1v) is 26.6. The monoisotopic (exact) mass is 1120 g/mol. The number of imide groups is 2. The van der Waals surface area contributed by atoms with Gasteiger partial charge in [-0.05, 0) is 57.4 Å². The van der Waals surface area contributed by atoms with E-state index in [1.165, 1.54) is 18.2 Å². The molecule has 1 unspecified atom stereocenters. The molecule has 3 aromatic rings. The van der Waals surface area contributed by atoms with Gasteiger partial charge in [0.15, 0.2) is 12.4 Å². The Labute approximate surface area is 456 Å². The van der Waals surface area contributed by atoms with Gasteiger partial charge in [0.05, 0.1) is 139 Å². The van der Waals surface area contributed by atoms with Crippen LogP contribution >= 0.6 is 23.2 Å². The van der Waals surface area contributed by atoms with Crippen LogP contribution in [-0.2, 0) is 58.9 Å². The lowest BCUT2D eigenvalue weighted by atomic mass is 9.73. The zero-order valence-electron chi connectivity index (χ0n) is 43.5. The third-order valence-corrected chi connectivity index (χ3v) is 14.4. The molecule has 0 bridgehead atoms. The van der Waals surface area contributed by atoms with Crippen LogP contribution in [0.2, 0.25) is 10.0 Å². The van der Waals surface area contributed by atoms with Crippen molar-refractivity contribution in [2.24, 2.45) is 11.1 Å². The van der Waals surface area contributed by atoms with Gasteiger partial charge in [0.25, 0.3) is 17.7 Å². The van der Waals surface area contributed by atoms with E-state index in [0.29, 0.717) is 127 Å².